The van der Waals surface area contributed by atoms with Crippen molar-refractivity contribution >= 4 is 27.5 Å². The Morgan fingerprint density at radius 1 is 1.39 bits per heavy atom. The molecule has 1 heterocycles. The number of nitrogens with zero attached hydrogens (tertiary/aromatic N) is 1. The lowest BCUT2D eigenvalue weighted by atomic mass is 10.0. The summed E-state index contributed by atoms with van der Waals surface area (Å²) in [5.41, 5.74) is 1.45. The van der Waals surface area contributed by atoms with E-state index in [0.717, 1.165) is 5.56 Å². The van der Waals surface area contributed by atoms with E-state index >= 15 is 0 Å². The first-order valence-electron chi connectivity index (χ1n) is 5.24. The Balaban J connectivity index is 2.46. The third kappa shape index (κ3) is 2.55. The molecule has 0 fully saturated rings. The van der Waals surface area contributed by atoms with Gasteiger partial charge < -0.3 is 5.11 Å². The highest BCUT2D eigenvalue weighted by molar-refractivity contribution is 9.10. The fourth-order valence-corrected chi connectivity index (χ4v) is 2.10. The van der Waals surface area contributed by atoms with Crippen molar-refractivity contribution in [3.8, 4) is 0 Å². The van der Waals surface area contributed by atoms with Crippen LogP contribution in [0.5, 0.6) is 0 Å². The predicted molar refractivity (Wildman–Crippen MR) is 72.1 cm³/mol. The molecule has 0 bridgehead atoms. The van der Waals surface area contributed by atoms with E-state index in [2.05, 4.69) is 20.9 Å². The van der Waals surface area contributed by atoms with Gasteiger partial charge in [0.15, 0.2) is 0 Å². The van der Waals surface area contributed by atoms with Crippen LogP contribution in [-0.4, -0.2) is 10.1 Å². The summed E-state index contributed by atoms with van der Waals surface area (Å²) in [6.07, 6.45) is 0.446. The molecule has 18 heavy (non-hydrogen) atoms. The van der Waals surface area contributed by atoms with Crippen LogP contribution in [0.4, 0.5) is 4.39 Å². The van der Waals surface area contributed by atoms with Crippen LogP contribution >= 0.6 is 27.5 Å². The van der Waals surface area contributed by atoms with Crippen LogP contribution in [0.1, 0.15) is 22.9 Å². The van der Waals surface area contributed by atoms with Gasteiger partial charge in [-0.3, -0.25) is 4.98 Å². The first-order chi connectivity index (χ1) is 8.50. The molecule has 5 heteroatoms. The molecule has 0 aliphatic rings. The van der Waals surface area contributed by atoms with Crippen LogP contribution in [0.2, 0.25) is 5.02 Å². The number of pyridine rings is 1. The molecule has 1 atom stereocenters. The molecule has 2 aromatic rings. The SMILES string of the molecule is Cc1ccnc(C(O)c2ccc(Br)c(Cl)c2F)c1. The first-order valence-corrected chi connectivity index (χ1v) is 6.42. The number of aliphatic hydroxyl groups excluding tert-OH is 1. The molecule has 0 radical (unpaired) electrons. The number of aryl methyl sites for hydroxylation is 1. The van der Waals surface area contributed by atoms with Gasteiger partial charge in [0.2, 0.25) is 0 Å². The second kappa shape index (κ2) is 5.34. The predicted octanol–water partition coefficient (Wildman–Crippen LogP) is 4.03. The molecule has 0 saturated carbocycles. The maximum Gasteiger partial charge on any atom is 0.149 e. The second-order valence-corrected chi connectivity index (χ2v) is 5.16. The molecule has 0 aliphatic carbocycles. The van der Waals surface area contributed by atoms with E-state index in [4.69, 9.17) is 11.6 Å². The van der Waals surface area contributed by atoms with Crippen molar-refractivity contribution in [2.24, 2.45) is 0 Å². The maximum absolute atomic E-state index is 13.9. The molecule has 1 aromatic carbocycles. The minimum atomic E-state index is -1.13. The number of benzene rings is 1. The number of aliphatic hydroxyl groups is 1. The lowest BCUT2D eigenvalue weighted by Gasteiger charge is -2.13. The Morgan fingerprint density at radius 3 is 2.78 bits per heavy atom. The maximum atomic E-state index is 13.9. The smallest absolute Gasteiger partial charge is 0.149 e. The highest BCUT2D eigenvalue weighted by Gasteiger charge is 2.19. The minimum absolute atomic E-state index is 0.0424. The molecule has 0 spiro atoms. The molecule has 0 saturated heterocycles. The summed E-state index contributed by atoms with van der Waals surface area (Å²) in [5.74, 6) is -0.637. The van der Waals surface area contributed by atoms with Crippen LogP contribution in [0.3, 0.4) is 0 Å². The van der Waals surface area contributed by atoms with Gasteiger partial charge in [0.25, 0.3) is 0 Å². The third-order valence-electron chi connectivity index (χ3n) is 2.58. The Hall–Kier alpha value is -0.970. The van der Waals surface area contributed by atoms with Crippen LogP contribution in [0.15, 0.2) is 34.9 Å². The van der Waals surface area contributed by atoms with Gasteiger partial charge in [-0.15, -0.1) is 0 Å². The number of halogens is 3. The molecule has 0 amide bonds. The number of hydrogen-bond acceptors (Lipinski definition) is 2. The van der Waals surface area contributed by atoms with Crippen molar-refractivity contribution in [1.29, 1.82) is 0 Å². The topological polar surface area (TPSA) is 33.1 Å². The van der Waals surface area contributed by atoms with E-state index in [1.807, 2.05) is 6.92 Å². The van der Waals surface area contributed by atoms with Crippen LogP contribution in [-0.2, 0) is 0 Å². The van der Waals surface area contributed by atoms with E-state index in [0.29, 0.717) is 10.2 Å². The van der Waals surface area contributed by atoms with Crippen molar-refractivity contribution < 1.29 is 9.50 Å². The van der Waals surface area contributed by atoms with Gasteiger partial charge in [-0.2, -0.15) is 0 Å². The minimum Gasteiger partial charge on any atom is -0.382 e. The molecule has 1 aromatic heterocycles. The van der Waals surface area contributed by atoms with Gasteiger partial charge in [0.05, 0.1) is 10.7 Å². The second-order valence-electron chi connectivity index (χ2n) is 3.93. The van der Waals surface area contributed by atoms with Gasteiger partial charge in [-0.1, -0.05) is 17.7 Å². The fourth-order valence-electron chi connectivity index (χ4n) is 1.62. The summed E-state index contributed by atoms with van der Waals surface area (Å²) >= 11 is 8.92. The summed E-state index contributed by atoms with van der Waals surface area (Å²) in [4.78, 5) is 4.04. The van der Waals surface area contributed by atoms with Crippen LogP contribution in [0, 0.1) is 12.7 Å². The summed E-state index contributed by atoms with van der Waals surface area (Å²) in [5, 5.41) is 10.1. The van der Waals surface area contributed by atoms with Crippen molar-refractivity contribution in [1.82, 2.24) is 4.98 Å². The Bertz CT molecular complexity index is 591. The number of aromatic nitrogens is 1. The molecule has 94 valence electrons. The molecule has 1 N–H and O–H groups in total. The molecular weight excluding hydrogens is 321 g/mol. The number of hydrogen-bond donors (Lipinski definition) is 1. The lowest BCUT2D eigenvalue weighted by Crippen LogP contribution is -2.05. The van der Waals surface area contributed by atoms with Gasteiger partial charge in [0.1, 0.15) is 11.9 Å². The number of rotatable bonds is 2. The quantitative estimate of drug-likeness (QED) is 0.844. The van der Waals surface area contributed by atoms with Crippen LogP contribution in [0.25, 0.3) is 0 Å². The monoisotopic (exact) mass is 329 g/mol. The highest BCUT2D eigenvalue weighted by Crippen LogP contribution is 2.32. The van der Waals surface area contributed by atoms with Crippen molar-refractivity contribution in [3.05, 3.63) is 62.6 Å². The summed E-state index contributed by atoms with van der Waals surface area (Å²) in [6, 6.07) is 6.60. The Kier molecular flexibility index (Phi) is 4.00. The summed E-state index contributed by atoms with van der Waals surface area (Å²) < 4.78 is 14.4. The third-order valence-corrected chi connectivity index (χ3v) is 3.84. The van der Waals surface area contributed by atoms with Gasteiger partial charge in [-0.25, -0.2) is 4.39 Å². The van der Waals surface area contributed by atoms with Gasteiger partial charge >= 0.3 is 0 Å². The Morgan fingerprint density at radius 2 is 2.11 bits per heavy atom. The summed E-state index contributed by atoms with van der Waals surface area (Å²) in [6.45, 7) is 1.88. The Labute approximate surface area is 118 Å². The lowest BCUT2D eigenvalue weighted by molar-refractivity contribution is 0.210. The zero-order chi connectivity index (χ0) is 13.3. The molecule has 1 unspecified atom stereocenters. The largest absolute Gasteiger partial charge is 0.382 e. The average Bonchev–Trinajstić information content (AvgIpc) is 2.35. The van der Waals surface area contributed by atoms with Gasteiger partial charge in [0, 0.05) is 16.2 Å². The van der Waals surface area contributed by atoms with Gasteiger partial charge in [-0.05, 0) is 46.6 Å². The zero-order valence-electron chi connectivity index (χ0n) is 9.49. The van der Waals surface area contributed by atoms with Crippen molar-refractivity contribution in [2.75, 3.05) is 0 Å². The van der Waals surface area contributed by atoms with E-state index in [1.165, 1.54) is 6.07 Å². The molecule has 0 aliphatic heterocycles. The van der Waals surface area contributed by atoms with E-state index < -0.39 is 11.9 Å². The zero-order valence-corrected chi connectivity index (χ0v) is 11.8. The van der Waals surface area contributed by atoms with Crippen molar-refractivity contribution in [3.63, 3.8) is 0 Å². The first kappa shape index (κ1) is 13.5. The molecule has 2 nitrogen and oxygen atoms in total. The molecule has 2 rings (SSSR count). The standard InChI is InChI=1S/C13H10BrClFNO/c1-7-4-5-17-10(6-7)13(18)8-2-3-9(14)11(15)12(8)16/h2-6,13,18H,1H3. The van der Waals surface area contributed by atoms with E-state index in [9.17, 15) is 9.50 Å². The van der Waals surface area contributed by atoms with Crippen LogP contribution < -0.4 is 0 Å². The van der Waals surface area contributed by atoms with E-state index in [-0.39, 0.29) is 10.6 Å². The normalized spacial score (nSPS) is 12.5. The highest BCUT2D eigenvalue weighted by atomic mass is 79.9. The average molecular weight is 331 g/mol. The fraction of sp³-hybridized carbons (Fsp3) is 0.154. The molecular formula is C13H10BrClFNO. The summed E-state index contributed by atoms with van der Waals surface area (Å²) in [7, 11) is 0. The van der Waals surface area contributed by atoms with E-state index in [1.54, 1.807) is 24.4 Å². The van der Waals surface area contributed by atoms with Crippen molar-refractivity contribution in [2.45, 2.75) is 13.0 Å².